The van der Waals surface area contributed by atoms with Crippen LogP contribution in [-0.4, -0.2) is 14.7 Å². The van der Waals surface area contributed by atoms with E-state index in [0.717, 1.165) is 11.3 Å². The number of nitrogens with zero attached hydrogens (tertiary/aromatic N) is 3. The second-order valence-corrected chi connectivity index (χ2v) is 5.11. The van der Waals surface area contributed by atoms with Crippen LogP contribution in [0.3, 0.4) is 0 Å². The molecule has 2 aromatic rings. The van der Waals surface area contributed by atoms with Gasteiger partial charge >= 0.3 is 0 Å². The lowest BCUT2D eigenvalue weighted by Gasteiger charge is -2.06. The van der Waals surface area contributed by atoms with Crippen LogP contribution in [0.15, 0.2) is 30.6 Å². The Labute approximate surface area is 121 Å². The Morgan fingerprint density at radius 2 is 2.25 bits per heavy atom. The van der Waals surface area contributed by atoms with Gasteiger partial charge in [0.05, 0.1) is 11.1 Å². The molecule has 20 heavy (non-hydrogen) atoms. The Balaban J connectivity index is 2.03. The van der Waals surface area contributed by atoms with Gasteiger partial charge < -0.3 is 5.32 Å². The molecule has 0 bridgehead atoms. The Morgan fingerprint density at radius 1 is 1.50 bits per heavy atom. The standard InChI is InChI=1S/C13H15ClN4O2/c1-9(2)17-8-10(7-16-17)6-15-11-3-4-13(18(19)20)12(14)5-11/h3-5,7-9,15H,6H2,1-2H3. The molecule has 0 saturated heterocycles. The van der Waals surface area contributed by atoms with Crippen molar-refractivity contribution in [3.63, 3.8) is 0 Å². The van der Waals surface area contributed by atoms with Gasteiger partial charge in [0.1, 0.15) is 5.02 Å². The van der Waals surface area contributed by atoms with Crippen molar-refractivity contribution < 1.29 is 4.92 Å². The van der Waals surface area contributed by atoms with Crippen LogP contribution in [0.1, 0.15) is 25.5 Å². The van der Waals surface area contributed by atoms with Gasteiger partial charge in [0, 0.05) is 36.1 Å². The maximum Gasteiger partial charge on any atom is 0.288 e. The fraction of sp³-hybridized carbons (Fsp3) is 0.308. The van der Waals surface area contributed by atoms with Gasteiger partial charge in [0.2, 0.25) is 0 Å². The van der Waals surface area contributed by atoms with Gasteiger partial charge in [0.15, 0.2) is 0 Å². The zero-order chi connectivity index (χ0) is 14.7. The van der Waals surface area contributed by atoms with Gasteiger partial charge in [-0.25, -0.2) is 0 Å². The smallest absolute Gasteiger partial charge is 0.288 e. The van der Waals surface area contributed by atoms with Crippen molar-refractivity contribution in [1.82, 2.24) is 9.78 Å². The SMILES string of the molecule is CC(C)n1cc(CNc2ccc([N+](=O)[O-])c(Cl)c2)cn1. The minimum absolute atomic E-state index is 0.0927. The summed E-state index contributed by atoms with van der Waals surface area (Å²) in [6, 6.07) is 4.89. The number of anilines is 1. The average molecular weight is 295 g/mol. The summed E-state index contributed by atoms with van der Waals surface area (Å²) in [5, 5.41) is 18.2. The molecule has 0 unspecified atom stereocenters. The Hall–Kier alpha value is -2.08. The van der Waals surface area contributed by atoms with Gasteiger partial charge in [-0.05, 0) is 26.0 Å². The number of halogens is 1. The summed E-state index contributed by atoms with van der Waals surface area (Å²) in [4.78, 5) is 10.2. The Bertz CT molecular complexity index is 625. The monoisotopic (exact) mass is 294 g/mol. The van der Waals surface area contributed by atoms with Crippen molar-refractivity contribution in [2.75, 3.05) is 5.32 Å². The third kappa shape index (κ3) is 3.27. The predicted molar refractivity (Wildman–Crippen MR) is 78.0 cm³/mol. The van der Waals surface area contributed by atoms with E-state index < -0.39 is 4.92 Å². The van der Waals surface area contributed by atoms with Gasteiger partial charge in [0.25, 0.3) is 5.69 Å². The fourth-order valence-corrected chi connectivity index (χ4v) is 1.97. The van der Waals surface area contributed by atoms with E-state index in [1.165, 1.54) is 6.07 Å². The Kier molecular flexibility index (Phi) is 4.24. The number of rotatable bonds is 5. The molecule has 6 nitrogen and oxygen atoms in total. The number of hydrogen-bond acceptors (Lipinski definition) is 4. The highest BCUT2D eigenvalue weighted by Gasteiger charge is 2.12. The molecule has 0 aliphatic rings. The topological polar surface area (TPSA) is 73.0 Å². The molecule has 1 N–H and O–H groups in total. The van der Waals surface area contributed by atoms with Crippen LogP contribution in [0.25, 0.3) is 0 Å². The highest BCUT2D eigenvalue weighted by atomic mass is 35.5. The molecule has 0 atom stereocenters. The summed E-state index contributed by atoms with van der Waals surface area (Å²) < 4.78 is 1.87. The molecule has 1 aromatic carbocycles. The van der Waals surface area contributed by atoms with Crippen LogP contribution in [0.2, 0.25) is 5.02 Å². The lowest BCUT2D eigenvalue weighted by molar-refractivity contribution is -0.384. The summed E-state index contributed by atoms with van der Waals surface area (Å²) in [6.45, 7) is 4.70. The van der Waals surface area contributed by atoms with Crippen LogP contribution >= 0.6 is 11.6 Å². The first-order valence-electron chi connectivity index (χ1n) is 6.18. The maximum atomic E-state index is 10.7. The first kappa shape index (κ1) is 14.3. The Morgan fingerprint density at radius 3 is 2.80 bits per heavy atom. The molecule has 7 heteroatoms. The van der Waals surface area contributed by atoms with E-state index in [1.54, 1.807) is 18.3 Å². The van der Waals surface area contributed by atoms with Gasteiger partial charge in [-0.1, -0.05) is 11.6 Å². The number of aromatic nitrogens is 2. The highest BCUT2D eigenvalue weighted by molar-refractivity contribution is 6.32. The molecule has 0 fully saturated rings. The molecule has 2 rings (SSSR count). The van der Waals surface area contributed by atoms with Crippen molar-refractivity contribution in [2.24, 2.45) is 0 Å². The molecule has 0 amide bonds. The van der Waals surface area contributed by atoms with E-state index in [0.29, 0.717) is 12.6 Å². The number of hydrogen-bond donors (Lipinski definition) is 1. The second kappa shape index (κ2) is 5.92. The molecular weight excluding hydrogens is 280 g/mol. The third-order valence-corrected chi connectivity index (χ3v) is 3.13. The van der Waals surface area contributed by atoms with Crippen molar-refractivity contribution in [3.05, 3.63) is 51.3 Å². The summed E-state index contributed by atoms with van der Waals surface area (Å²) in [6.07, 6.45) is 3.75. The zero-order valence-corrected chi connectivity index (χ0v) is 12.0. The van der Waals surface area contributed by atoms with E-state index in [4.69, 9.17) is 11.6 Å². The van der Waals surface area contributed by atoms with Crippen molar-refractivity contribution >= 4 is 23.0 Å². The van der Waals surface area contributed by atoms with E-state index >= 15 is 0 Å². The van der Waals surface area contributed by atoms with Crippen molar-refractivity contribution in [3.8, 4) is 0 Å². The lowest BCUT2D eigenvalue weighted by atomic mass is 10.2. The first-order valence-corrected chi connectivity index (χ1v) is 6.56. The summed E-state index contributed by atoms with van der Waals surface area (Å²) in [7, 11) is 0. The van der Waals surface area contributed by atoms with Crippen LogP contribution in [0.5, 0.6) is 0 Å². The zero-order valence-electron chi connectivity index (χ0n) is 11.2. The molecule has 0 radical (unpaired) electrons. The predicted octanol–water partition coefficient (Wildman–Crippen LogP) is 3.64. The second-order valence-electron chi connectivity index (χ2n) is 4.70. The lowest BCUT2D eigenvalue weighted by Crippen LogP contribution is -2.01. The van der Waals surface area contributed by atoms with E-state index in [9.17, 15) is 10.1 Å². The van der Waals surface area contributed by atoms with Gasteiger partial charge in [-0.3, -0.25) is 14.8 Å². The molecule has 1 aromatic heterocycles. The van der Waals surface area contributed by atoms with Crippen LogP contribution in [0, 0.1) is 10.1 Å². The van der Waals surface area contributed by atoms with Crippen molar-refractivity contribution in [1.29, 1.82) is 0 Å². The first-order chi connectivity index (χ1) is 9.47. The normalized spacial score (nSPS) is 10.8. The van der Waals surface area contributed by atoms with E-state index in [1.807, 2.05) is 10.9 Å². The van der Waals surface area contributed by atoms with Gasteiger partial charge in [-0.2, -0.15) is 5.10 Å². The van der Waals surface area contributed by atoms with E-state index in [2.05, 4.69) is 24.3 Å². The van der Waals surface area contributed by atoms with Crippen LogP contribution in [0.4, 0.5) is 11.4 Å². The minimum atomic E-state index is -0.501. The molecular formula is C13H15ClN4O2. The number of nitro groups is 1. The van der Waals surface area contributed by atoms with E-state index in [-0.39, 0.29) is 10.7 Å². The molecule has 0 saturated carbocycles. The van der Waals surface area contributed by atoms with Crippen LogP contribution in [-0.2, 0) is 6.54 Å². The van der Waals surface area contributed by atoms with Crippen LogP contribution < -0.4 is 5.32 Å². The molecule has 106 valence electrons. The summed E-state index contributed by atoms with van der Waals surface area (Å²) in [5.74, 6) is 0. The molecule has 0 aliphatic carbocycles. The highest BCUT2D eigenvalue weighted by Crippen LogP contribution is 2.27. The quantitative estimate of drug-likeness (QED) is 0.675. The largest absolute Gasteiger partial charge is 0.381 e. The summed E-state index contributed by atoms with van der Waals surface area (Å²) >= 11 is 5.85. The third-order valence-electron chi connectivity index (χ3n) is 2.83. The van der Waals surface area contributed by atoms with Gasteiger partial charge in [-0.15, -0.1) is 0 Å². The van der Waals surface area contributed by atoms with Crippen molar-refractivity contribution in [2.45, 2.75) is 26.4 Å². The molecule has 0 spiro atoms. The minimum Gasteiger partial charge on any atom is -0.381 e. The number of nitro benzene ring substituents is 1. The molecule has 1 heterocycles. The number of benzene rings is 1. The average Bonchev–Trinajstić information content (AvgIpc) is 2.85. The fourth-order valence-electron chi connectivity index (χ4n) is 1.72. The number of nitrogens with one attached hydrogen (secondary N) is 1. The summed E-state index contributed by atoms with van der Waals surface area (Å²) in [5.41, 5.74) is 1.68. The maximum absolute atomic E-state index is 10.7. The molecule has 0 aliphatic heterocycles.